The van der Waals surface area contributed by atoms with Gasteiger partial charge in [0.25, 0.3) is 5.91 Å². The average molecular weight is 417 g/mol. The lowest BCUT2D eigenvalue weighted by atomic mass is 9.95. The molecule has 1 saturated heterocycles. The number of piperidine rings is 1. The zero-order valence-electron chi connectivity index (χ0n) is 17.2. The second kappa shape index (κ2) is 8.91. The van der Waals surface area contributed by atoms with Crippen LogP contribution in [0.1, 0.15) is 40.6 Å². The monoisotopic (exact) mass is 417 g/mol. The topological polar surface area (TPSA) is 108 Å². The highest BCUT2D eigenvalue weighted by atomic mass is 16.2. The number of amides is 2. The van der Waals surface area contributed by atoms with Gasteiger partial charge in [-0.05, 0) is 50.1 Å². The molecule has 1 aromatic carbocycles. The quantitative estimate of drug-likeness (QED) is 0.620. The smallest absolute Gasteiger partial charge is 0.271 e. The molecule has 3 heterocycles. The van der Waals surface area contributed by atoms with Gasteiger partial charge in [-0.25, -0.2) is 0 Å². The van der Waals surface area contributed by atoms with Gasteiger partial charge in [0, 0.05) is 36.5 Å². The number of aromatic nitrogens is 3. The SMILES string of the molecule is CC(=O)c1cccc(NC(=O)C2CCN(C(=O)c3cc(-c4ccccn4)n[nH]3)CC2)c1. The van der Waals surface area contributed by atoms with Gasteiger partial charge in [0.2, 0.25) is 5.91 Å². The zero-order chi connectivity index (χ0) is 21.8. The summed E-state index contributed by atoms with van der Waals surface area (Å²) in [7, 11) is 0. The summed E-state index contributed by atoms with van der Waals surface area (Å²) >= 11 is 0. The molecule has 4 rings (SSSR count). The number of Topliss-reactive ketones (excluding diaryl/α,β-unsaturated/α-hetero) is 1. The van der Waals surface area contributed by atoms with Crippen molar-refractivity contribution in [1.82, 2.24) is 20.1 Å². The number of ketones is 1. The number of anilines is 1. The Bertz CT molecular complexity index is 1100. The summed E-state index contributed by atoms with van der Waals surface area (Å²) in [5.74, 6) is -0.460. The summed E-state index contributed by atoms with van der Waals surface area (Å²) in [6.07, 6.45) is 2.83. The Hall–Kier alpha value is -3.81. The van der Waals surface area contributed by atoms with Crippen molar-refractivity contribution in [2.45, 2.75) is 19.8 Å². The lowest BCUT2D eigenvalue weighted by Gasteiger charge is -2.31. The molecular weight excluding hydrogens is 394 g/mol. The Balaban J connectivity index is 1.34. The number of pyridine rings is 1. The standard InChI is InChI=1S/C23H23N5O3/c1-15(29)17-5-4-6-18(13-17)25-22(30)16-8-11-28(12-9-16)23(31)21-14-20(26-27-21)19-7-2-3-10-24-19/h2-7,10,13-14,16H,8-9,11-12H2,1H3,(H,25,30)(H,26,27). The molecule has 1 aliphatic rings. The molecule has 0 radical (unpaired) electrons. The highest BCUT2D eigenvalue weighted by Gasteiger charge is 2.28. The summed E-state index contributed by atoms with van der Waals surface area (Å²) in [6.45, 7) is 2.47. The van der Waals surface area contributed by atoms with Gasteiger partial charge in [-0.1, -0.05) is 18.2 Å². The minimum Gasteiger partial charge on any atom is -0.337 e. The van der Waals surface area contributed by atoms with Crippen molar-refractivity contribution in [2.75, 3.05) is 18.4 Å². The number of rotatable bonds is 5. The highest BCUT2D eigenvalue weighted by Crippen LogP contribution is 2.22. The fourth-order valence-electron chi connectivity index (χ4n) is 3.65. The van der Waals surface area contributed by atoms with Crippen LogP contribution in [0, 0.1) is 5.92 Å². The molecule has 1 aliphatic heterocycles. The third-order valence-corrected chi connectivity index (χ3v) is 5.43. The first-order valence-electron chi connectivity index (χ1n) is 10.2. The van der Waals surface area contributed by atoms with Gasteiger partial charge in [-0.15, -0.1) is 0 Å². The van der Waals surface area contributed by atoms with Gasteiger partial charge in [0.1, 0.15) is 11.4 Å². The van der Waals surface area contributed by atoms with E-state index in [1.807, 2.05) is 18.2 Å². The van der Waals surface area contributed by atoms with Crippen molar-refractivity contribution in [3.63, 3.8) is 0 Å². The summed E-state index contributed by atoms with van der Waals surface area (Å²) in [5, 5.41) is 9.87. The lowest BCUT2D eigenvalue weighted by Crippen LogP contribution is -2.41. The number of hydrogen-bond donors (Lipinski definition) is 2. The van der Waals surface area contributed by atoms with Crippen molar-refractivity contribution >= 4 is 23.3 Å². The van der Waals surface area contributed by atoms with Crippen molar-refractivity contribution in [2.24, 2.45) is 5.92 Å². The predicted octanol–water partition coefficient (Wildman–Crippen LogP) is 3.17. The van der Waals surface area contributed by atoms with Crippen molar-refractivity contribution in [3.8, 4) is 11.4 Å². The lowest BCUT2D eigenvalue weighted by molar-refractivity contribution is -0.121. The number of carbonyl (C=O) groups is 3. The first-order valence-corrected chi connectivity index (χ1v) is 10.2. The van der Waals surface area contributed by atoms with Crippen molar-refractivity contribution in [3.05, 3.63) is 66.0 Å². The molecule has 31 heavy (non-hydrogen) atoms. The zero-order valence-corrected chi connectivity index (χ0v) is 17.2. The number of hydrogen-bond acceptors (Lipinski definition) is 5. The Morgan fingerprint density at radius 3 is 2.55 bits per heavy atom. The van der Waals surface area contributed by atoms with Gasteiger partial charge >= 0.3 is 0 Å². The number of likely N-dealkylation sites (tertiary alicyclic amines) is 1. The third-order valence-electron chi connectivity index (χ3n) is 5.43. The van der Waals surface area contributed by atoms with Crippen LogP contribution in [0.3, 0.4) is 0 Å². The molecule has 3 aromatic rings. The fourth-order valence-corrected chi connectivity index (χ4v) is 3.65. The van der Waals surface area contributed by atoms with E-state index in [0.29, 0.717) is 54.3 Å². The molecule has 8 nitrogen and oxygen atoms in total. The van der Waals surface area contributed by atoms with Crippen LogP contribution in [0.4, 0.5) is 5.69 Å². The van der Waals surface area contributed by atoms with E-state index >= 15 is 0 Å². The van der Waals surface area contributed by atoms with Crippen molar-refractivity contribution in [1.29, 1.82) is 0 Å². The van der Waals surface area contributed by atoms with Gasteiger partial charge in [0.15, 0.2) is 5.78 Å². The summed E-state index contributed by atoms with van der Waals surface area (Å²) < 4.78 is 0. The van der Waals surface area contributed by atoms with E-state index in [4.69, 9.17) is 0 Å². The van der Waals surface area contributed by atoms with Crippen LogP contribution in [0.15, 0.2) is 54.7 Å². The van der Waals surface area contributed by atoms with Crippen molar-refractivity contribution < 1.29 is 14.4 Å². The Morgan fingerprint density at radius 1 is 1.03 bits per heavy atom. The van der Waals surface area contributed by atoms with Crippen LogP contribution in [-0.2, 0) is 4.79 Å². The van der Waals surface area contributed by atoms with Gasteiger partial charge in [-0.2, -0.15) is 5.10 Å². The van der Waals surface area contributed by atoms with E-state index in [-0.39, 0.29) is 23.5 Å². The van der Waals surface area contributed by atoms with Gasteiger partial charge in [0.05, 0.1) is 5.69 Å². The number of aromatic amines is 1. The minimum atomic E-state index is -0.184. The molecule has 0 aliphatic carbocycles. The Kier molecular flexibility index (Phi) is 5.88. The number of nitrogens with one attached hydrogen (secondary N) is 2. The number of benzene rings is 1. The fraction of sp³-hybridized carbons (Fsp3) is 0.261. The third kappa shape index (κ3) is 4.69. The summed E-state index contributed by atoms with van der Waals surface area (Å²) in [6, 6.07) is 14.1. The predicted molar refractivity (Wildman–Crippen MR) is 116 cm³/mol. The van der Waals surface area contributed by atoms with Gasteiger partial charge in [-0.3, -0.25) is 24.5 Å². The van der Waals surface area contributed by atoms with E-state index < -0.39 is 0 Å². The second-order valence-corrected chi connectivity index (χ2v) is 7.57. The average Bonchev–Trinajstić information content (AvgIpc) is 3.30. The summed E-state index contributed by atoms with van der Waals surface area (Å²) in [4.78, 5) is 42.9. The van der Waals surface area contributed by atoms with Crippen LogP contribution < -0.4 is 5.32 Å². The maximum atomic E-state index is 12.8. The molecule has 1 fully saturated rings. The Labute approximate surface area is 179 Å². The first-order chi connectivity index (χ1) is 15.0. The molecule has 2 N–H and O–H groups in total. The maximum absolute atomic E-state index is 12.8. The van der Waals surface area contributed by atoms with Crippen LogP contribution >= 0.6 is 0 Å². The van der Waals surface area contributed by atoms with Gasteiger partial charge < -0.3 is 10.2 Å². The summed E-state index contributed by atoms with van der Waals surface area (Å²) in [5.41, 5.74) is 2.89. The minimum absolute atomic E-state index is 0.0482. The largest absolute Gasteiger partial charge is 0.337 e. The molecule has 0 unspecified atom stereocenters. The maximum Gasteiger partial charge on any atom is 0.271 e. The van der Waals surface area contributed by atoms with E-state index in [1.165, 1.54) is 6.92 Å². The van der Waals surface area contributed by atoms with Crippen LogP contribution in [0.25, 0.3) is 11.4 Å². The molecule has 2 amide bonds. The molecule has 0 atom stereocenters. The molecule has 0 spiro atoms. The van der Waals surface area contributed by atoms with E-state index in [9.17, 15) is 14.4 Å². The molecule has 158 valence electrons. The van der Waals surface area contributed by atoms with E-state index in [2.05, 4.69) is 20.5 Å². The number of H-pyrrole nitrogens is 1. The molecule has 0 saturated carbocycles. The van der Waals surface area contributed by atoms with E-state index in [1.54, 1.807) is 41.4 Å². The molecule has 8 heteroatoms. The molecular formula is C23H23N5O3. The highest BCUT2D eigenvalue weighted by molar-refractivity contribution is 5.98. The normalized spacial score (nSPS) is 14.3. The van der Waals surface area contributed by atoms with Crippen LogP contribution in [0.5, 0.6) is 0 Å². The number of nitrogens with zero attached hydrogens (tertiary/aromatic N) is 3. The number of carbonyl (C=O) groups excluding carboxylic acids is 3. The van der Waals surface area contributed by atoms with Crippen LogP contribution in [0.2, 0.25) is 0 Å². The van der Waals surface area contributed by atoms with Crippen LogP contribution in [-0.4, -0.2) is 50.8 Å². The first kappa shape index (κ1) is 20.5. The molecule has 0 bridgehead atoms. The second-order valence-electron chi connectivity index (χ2n) is 7.57. The van der Waals surface area contributed by atoms with E-state index in [0.717, 1.165) is 0 Å². The molecule has 2 aromatic heterocycles. The Morgan fingerprint density at radius 2 is 1.84 bits per heavy atom.